The van der Waals surface area contributed by atoms with Crippen LogP contribution in [-0.4, -0.2) is 79.5 Å². The normalized spacial score (nSPS) is 20.8. The summed E-state index contributed by atoms with van der Waals surface area (Å²) < 4.78 is 5.86. The third-order valence-electron chi connectivity index (χ3n) is 8.14. The minimum atomic E-state index is 0. The van der Waals surface area contributed by atoms with Gasteiger partial charge in [0, 0.05) is 97.4 Å². The van der Waals surface area contributed by atoms with Crippen molar-refractivity contribution in [2.24, 2.45) is 0 Å². The molecule has 4 saturated heterocycles. The summed E-state index contributed by atoms with van der Waals surface area (Å²) in [5, 5.41) is 6.61. The summed E-state index contributed by atoms with van der Waals surface area (Å²) >= 11 is 0. The standard InChI is InChI=1S/C15H22N2O.C13H17NO.C5H9NO.ClH/c1-13-3-2-4-14(11-13)12-17-8-5-15(6-9-17)16-7-10-18-15;1-11-3-2-4-12(9-11)10-14-7-5-13(15)6-8-14;7-5-1-3-6-4-2-5;/h2-4,11,16H,5-10,12H2,1H3;2-4,9H,5-8,10H2,1H3;6H,1-4H2;1H. The highest BCUT2D eigenvalue weighted by atomic mass is 35.5. The van der Waals surface area contributed by atoms with Crippen LogP contribution in [0, 0.1) is 13.8 Å². The maximum atomic E-state index is 11.1. The lowest BCUT2D eigenvalue weighted by Gasteiger charge is -2.38. The molecule has 0 saturated carbocycles. The van der Waals surface area contributed by atoms with Gasteiger partial charge in [-0.2, -0.15) is 0 Å². The average molecular weight is 585 g/mol. The molecule has 2 aromatic carbocycles. The summed E-state index contributed by atoms with van der Waals surface area (Å²) in [5.74, 6) is 0.814. The maximum absolute atomic E-state index is 11.1. The molecule has 0 bridgehead atoms. The van der Waals surface area contributed by atoms with Crippen LogP contribution in [0.4, 0.5) is 0 Å². The zero-order valence-corrected chi connectivity index (χ0v) is 25.8. The van der Waals surface area contributed by atoms with E-state index in [0.717, 1.165) is 104 Å². The van der Waals surface area contributed by atoms with Crippen molar-refractivity contribution in [3.8, 4) is 0 Å². The lowest BCUT2D eigenvalue weighted by molar-refractivity contribution is -0.121. The molecule has 226 valence electrons. The highest BCUT2D eigenvalue weighted by Gasteiger charge is 2.37. The van der Waals surface area contributed by atoms with E-state index in [1.54, 1.807) is 0 Å². The van der Waals surface area contributed by atoms with E-state index in [4.69, 9.17) is 4.74 Å². The second-order valence-electron chi connectivity index (χ2n) is 11.6. The smallest absolute Gasteiger partial charge is 0.135 e. The third-order valence-corrected chi connectivity index (χ3v) is 8.14. The van der Waals surface area contributed by atoms with E-state index >= 15 is 0 Å². The number of aryl methyl sites for hydroxylation is 2. The number of ketones is 2. The molecule has 2 N–H and O–H groups in total. The summed E-state index contributed by atoms with van der Waals surface area (Å²) in [4.78, 5) is 26.4. The second-order valence-corrected chi connectivity index (χ2v) is 11.6. The molecule has 1 spiro atoms. The molecule has 4 heterocycles. The Morgan fingerprint density at radius 2 is 1.24 bits per heavy atom. The minimum absolute atomic E-state index is 0. The second kappa shape index (κ2) is 17.1. The molecular weight excluding hydrogens is 536 g/mol. The first kappa shape index (κ1) is 33.4. The number of halogens is 1. The highest BCUT2D eigenvalue weighted by molar-refractivity contribution is 5.85. The first-order valence-electron chi connectivity index (χ1n) is 15.1. The van der Waals surface area contributed by atoms with Crippen molar-refractivity contribution in [3.05, 3.63) is 70.8 Å². The van der Waals surface area contributed by atoms with Crippen molar-refractivity contribution < 1.29 is 14.3 Å². The van der Waals surface area contributed by atoms with E-state index in [-0.39, 0.29) is 18.1 Å². The van der Waals surface area contributed by atoms with Crippen LogP contribution in [0.15, 0.2) is 48.5 Å². The minimum Gasteiger partial charge on any atom is -0.359 e. The predicted octanol–water partition coefficient (Wildman–Crippen LogP) is 4.43. The summed E-state index contributed by atoms with van der Waals surface area (Å²) in [6.07, 6.45) is 5.15. The molecule has 8 heteroatoms. The fourth-order valence-electron chi connectivity index (χ4n) is 5.77. The van der Waals surface area contributed by atoms with Gasteiger partial charge in [0.2, 0.25) is 0 Å². The van der Waals surface area contributed by atoms with Crippen molar-refractivity contribution >= 4 is 24.0 Å². The Morgan fingerprint density at radius 1 is 0.732 bits per heavy atom. The van der Waals surface area contributed by atoms with Crippen molar-refractivity contribution in [3.63, 3.8) is 0 Å². The monoisotopic (exact) mass is 584 g/mol. The molecule has 0 unspecified atom stereocenters. The van der Waals surface area contributed by atoms with Gasteiger partial charge >= 0.3 is 0 Å². The Labute approximate surface area is 252 Å². The Kier molecular flexibility index (Phi) is 13.9. The van der Waals surface area contributed by atoms with Crippen LogP contribution in [-0.2, 0) is 27.4 Å². The number of nitrogens with zero attached hydrogens (tertiary/aromatic N) is 2. The van der Waals surface area contributed by atoms with Crippen LogP contribution in [0.3, 0.4) is 0 Å². The lowest BCUT2D eigenvalue weighted by atomic mass is 10.00. The van der Waals surface area contributed by atoms with Gasteiger partial charge in [-0.15, -0.1) is 12.4 Å². The van der Waals surface area contributed by atoms with Gasteiger partial charge in [0.1, 0.15) is 17.3 Å². The van der Waals surface area contributed by atoms with Gasteiger partial charge in [-0.3, -0.25) is 24.7 Å². The van der Waals surface area contributed by atoms with Crippen LogP contribution >= 0.6 is 12.4 Å². The fraction of sp³-hybridized carbons (Fsp3) is 0.576. The van der Waals surface area contributed by atoms with Gasteiger partial charge < -0.3 is 10.1 Å². The lowest BCUT2D eigenvalue weighted by Crippen LogP contribution is -2.50. The Morgan fingerprint density at radius 3 is 1.68 bits per heavy atom. The molecule has 41 heavy (non-hydrogen) atoms. The zero-order valence-electron chi connectivity index (χ0n) is 25.0. The van der Waals surface area contributed by atoms with Gasteiger partial charge in [0.25, 0.3) is 0 Å². The van der Waals surface area contributed by atoms with E-state index in [9.17, 15) is 9.59 Å². The Balaban J connectivity index is 0.000000182. The molecule has 0 aromatic heterocycles. The van der Waals surface area contributed by atoms with E-state index in [1.165, 1.54) is 22.3 Å². The molecule has 0 amide bonds. The number of likely N-dealkylation sites (tertiary alicyclic amines) is 2. The number of piperidine rings is 3. The number of benzene rings is 2. The molecular formula is C33H49ClN4O3. The van der Waals surface area contributed by atoms with Crippen LogP contribution in [0.2, 0.25) is 0 Å². The number of nitrogens with one attached hydrogen (secondary N) is 2. The number of carbonyl (C=O) groups excluding carboxylic acids is 2. The zero-order chi connectivity index (χ0) is 28.2. The van der Waals surface area contributed by atoms with Gasteiger partial charge in [-0.1, -0.05) is 59.7 Å². The molecule has 7 nitrogen and oxygen atoms in total. The van der Waals surface area contributed by atoms with Crippen LogP contribution in [0.1, 0.15) is 60.8 Å². The molecule has 4 aliphatic rings. The van der Waals surface area contributed by atoms with Crippen LogP contribution in [0.5, 0.6) is 0 Å². The number of ether oxygens (including phenoxy) is 1. The summed E-state index contributed by atoms with van der Waals surface area (Å²) in [6, 6.07) is 17.4. The van der Waals surface area contributed by atoms with E-state index in [0.29, 0.717) is 11.6 Å². The Bertz CT molecular complexity index is 1080. The van der Waals surface area contributed by atoms with E-state index in [1.807, 2.05) is 0 Å². The molecule has 0 radical (unpaired) electrons. The van der Waals surface area contributed by atoms with Crippen molar-refractivity contribution in [1.29, 1.82) is 0 Å². The molecule has 6 rings (SSSR count). The fourth-order valence-corrected chi connectivity index (χ4v) is 5.77. The first-order chi connectivity index (χ1) is 19.4. The summed E-state index contributed by atoms with van der Waals surface area (Å²) in [6.45, 7) is 14.1. The van der Waals surface area contributed by atoms with Gasteiger partial charge in [-0.25, -0.2) is 0 Å². The van der Waals surface area contributed by atoms with Crippen LogP contribution in [0.25, 0.3) is 0 Å². The third kappa shape index (κ3) is 11.6. The predicted molar refractivity (Wildman–Crippen MR) is 167 cm³/mol. The molecule has 0 atom stereocenters. The van der Waals surface area contributed by atoms with Gasteiger partial charge in [0.05, 0.1) is 6.61 Å². The quantitative estimate of drug-likeness (QED) is 0.551. The molecule has 4 aliphatic heterocycles. The summed E-state index contributed by atoms with van der Waals surface area (Å²) in [7, 11) is 0. The van der Waals surface area contributed by atoms with Crippen molar-refractivity contribution in [1.82, 2.24) is 20.4 Å². The van der Waals surface area contributed by atoms with E-state index in [2.05, 4.69) is 82.8 Å². The average Bonchev–Trinajstić information content (AvgIpc) is 3.41. The number of hydrogen-bond donors (Lipinski definition) is 2. The van der Waals surface area contributed by atoms with Crippen molar-refractivity contribution in [2.75, 3.05) is 52.4 Å². The molecule has 0 aliphatic carbocycles. The number of carbonyl (C=O) groups is 2. The first-order valence-corrected chi connectivity index (χ1v) is 15.1. The Hall–Kier alpha value is -2.13. The topological polar surface area (TPSA) is 73.9 Å². The maximum Gasteiger partial charge on any atom is 0.135 e. The molecule has 2 aromatic rings. The van der Waals surface area contributed by atoms with Crippen LogP contribution < -0.4 is 10.6 Å². The number of Topliss-reactive ketones (excluding diaryl/α,β-unsaturated/α-hetero) is 2. The number of hydrogen-bond acceptors (Lipinski definition) is 7. The van der Waals surface area contributed by atoms with E-state index < -0.39 is 0 Å². The van der Waals surface area contributed by atoms with Crippen molar-refractivity contribution in [2.45, 2.75) is 71.2 Å². The SMILES string of the molecule is Cc1cccc(CN2CCC(=O)CC2)c1.Cc1cccc(CN2CCC3(CC2)NCCO3)c1.Cl.O=C1CCNCC1. The highest BCUT2D eigenvalue weighted by Crippen LogP contribution is 2.27. The summed E-state index contributed by atoms with van der Waals surface area (Å²) in [5.41, 5.74) is 5.43. The number of rotatable bonds is 4. The van der Waals surface area contributed by atoms with Gasteiger partial charge in [-0.05, 0) is 25.0 Å². The largest absolute Gasteiger partial charge is 0.359 e. The molecule has 4 fully saturated rings. The van der Waals surface area contributed by atoms with Gasteiger partial charge in [0.15, 0.2) is 0 Å².